The molecule has 2 aromatic rings. The highest BCUT2D eigenvalue weighted by Gasteiger charge is 2.26. The largest absolute Gasteiger partial charge is 0.473 e. The molecule has 1 saturated heterocycles. The van der Waals surface area contributed by atoms with Gasteiger partial charge in [-0.1, -0.05) is 18.2 Å². The Bertz CT molecular complexity index is 944. The predicted molar refractivity (Wildman–Crippen MR) is 111 cm³/mol. The SMILES string of the molecule is [C-]#[N+]c1ccc(COc2cccc(N3CCN(C(=O)OC(C)(C)C)CC3)n2)c(F)c1. The molecule has 30 heavy (non-hydrogen) atoms. The minimum absolute atomic E-state index is 0.0208. The van der Waals surface area contributed by atoms with E-state index < -0.39 is 11.4 Å². The van der Waals surface area contributed by atoms with E-state index in [0.717, 1.165) is 5.82 Å². The summed E-state index contributed by atoms with van der Waals surface area (Å²) in [5.74, 6) is 0.647. The number of aromatic nitrogens is 1. The number of carbonyl (C=O) groups excluding carboxylic acids is 1. The van der Waals surface area contributed by atoms with E-state index >= 15 is 0 Å². The molecule has 0 bridgehead atoms. The number of rotatable bonds is 4. The van der Waals surface area contributed by atoms with Gasteiger partial charge in [0.25, 0.3) is 0 Å². The van der Waals surface area contributed by atoms with Crippen LogP contribution in [0.5, 0.6) is 5.88 Å². The van der Waals surface area contributed by atoms with Crippen molar-refractivity contribution in [3.8, 4) is 5.88 Å². The van der Waals surface area contributed by atoms with Crippen LogP contribution in [0.4, 0.5) is 20.7 Å². The second-order valence-electron chi connectivity index (χ2n) is 7.96. The first-order chi connectivity index (χ1) is 14.2. The number of carbonyl (C=O) groups is 1. The molecular weight excluding hydrogens is 387 g/mol. The van der Waals surface area contributed by atoms with E-state index in [4.69, 9.17) is 16.0 Å². The molecule has 0 spiro atoms. The van der Waals surface area contributed by atoms with Gasteiger partial charge in [0.15, 0.2) is 5.69 Å². The van der Waals surface area contributed by atoms with Gasteiger partial charge in [-0.05, 0) is 32.9 Å². The molecule has 0 atom stereocenters. The van der Waals surface area contributed by atoms with Crippen LogP contribution in [0.25, 0.3) is 4.85 Å². The van der Waals surface area contributed by atoms with Crippen molar-refractivity contribution in [1.29, 1.82) is 0 Å². The summed E-state index contributed by atoms with van der Waals surface area (Å²) in [4.78, 5) is 23.7. The van der Waals surface area contributed by atoms with E-state index in [1.165, 1.54) is 6.07 Å². The minimum atomic E-state index is -0.517. The number of ether oxygens (including phenoxy) is 2. The van der Waals surface area contributed by atoms with Crippen LogP contribution in [0.15, 0.2) is 36.4 Å². The number of hydrogen-bond acceptors (Lipinski definition) is 5. The highest BCUT2D eigenvalue weighted by molar-refractivity contribution is 5.68. The van der Waals surface area contributed by atoms with Gasteiger partial charge in [0, 0.05) is 37.8 Å². The first-order valence-electron chi connectivity index (χ1n) is 9.74. The van der Waals surface area contributed by atoms with Gasteiger partial charge in [-0.25, -0.2) is 14.0 Å². The summed E-state index contributed by atoms with van der Waals surface area (Å²) < 4.78 is 25.1. The third kappa shape index (κ3) is 5.60. The van der Waals surface area contributed by atoms with Gasteiger partial charge in [0.05, 0.1) is 6.57 Å². The molecule has 7 nitrogen and oxygen atoms in total. The van der Waals surface area contributed by atoms with Gasteiger partial charge in [-0.2, -0.15) is 4.98 Å². The summed E-state index contributed by atoms with van der Waals surface area (Å²) in [6, 6.07) is 9.72. The molecule has 1 aliphatic rings. The molecule has 1 aliphatic heterocycles. The number of piperazine rings is 1. The Morgan fingerprint density at radius 2 is 1.93 bits per heavy atom. The topological polar surface area (TPSA) is 59.3 Å². The van der Waals surface area contributed by atoms with Crippen LogP contribution in [-0.4, -0.2) is 47.8 Å². The van der Waals surface area contributed by atoms with Crippen molar-refractivity contribution in [2.45, 2.75) is 33.0 Å². The van der Waals surface area contributed by atoms with Crippen molar-refractivity contribution in [3.63, 3.8) is 0 Å². The molecule has 3 rings (SSSR count). The van der Waals surface area contributed by atoms with Gasteiger partial charge >= 0.3 is 6.09 Å². The molecule has 0 saturated carbocycles. The van der Waals surface area contributed by atoms with Crippen molar-refractivity contribution < 1.29 is 18.7 Å². The highest BCUT2D eigenvalue weighted by Crippen LogP contribution is 2.21. The smallest absolute Gasteiger partial charge is 0.410 e. The molecule has 1 amide bonds. The van der Waals surface area contributed by atoms with Crippen LogP contribution in [0.3, 0.4) is 0 Å². The summed E-state index contributed by atoms with van der Waals surface area (Å²) >= 11 is 0. The number of pyridine rings is 1. The van der Waals surface area contributed by atoms with E-state index in [0.29, 0.717) is 37.6 Å². The Kier molecular flexibility index (Phi) is 6.40. The highest BCUT2D eigenvalue weighted by atomic mass is 19.1. The normalized spacial score (nSPS) is 14.2. The second-order valence-corrected chi connectivity index (χ2v) is 7.96. The Hall–Kier alpha value is -3.34. The zero-order valence-corrected chi connectivity index (χ0v) is 17.4. The van der Waals surface area contributed by atoms with Gasteiger partial charge in [0.1, 0.15) is 23.8 Å². The predicted octanol–water partition coefficient (Wildman–Crippen LogP) is 4.41. The van der Waals surface area contributed by atoms with Gasteiger partial charge in [-0.3, -0.25) is 0 Å². The summed E-state index contributed by atoms with van der Waals surface area (Å²) in [5, 5.41) is 0. The Morgan fingerprint density at radius 3 is 2.57 bits per heavy atom. The van der Waals surface area contributed by atoms with Crippen molar-refractivity contribution in [2.75, 3.05) is 31.1 Å². The first-order valence-corrected chi connectivity index (χ1v) is 9.74. The average molecular weight is 412 g/mol. The zero-order chi connectivity index (χ0) is 21.7. The lowest BCUT2D eigenvalue weighted by atomic mass is 10.2. The standard InChI is InChI=1S/C22H25FN4O3/c1-22(2,3)30-21(28)27-12-10-26(11-13-27)19-6-5-7-20(25-19)29-15-16-8-9-17(24-4)14-18(16)23/h5-9,14H,10-13,15H2,1-3H3. The van der Waals surface area contributed by atoms with Crippen LogP contribution in [0.1, 0.15) is 26.3 Å². The zero-order valence-electron chi connectivity index (χ0n) is 17.4. The van der Waals surface area contributed by atoms with Crippen molar-refractivity contribution >= 4 is 17.6 Å². The third-order valence-electron chi connectivity index (χ3n) is 4.51. The number of halogens is 1. The minimum Gasteiger partial charge on any atom is -0.473 e. The molecule has 0 unspecified atom stereocenters. The molecular formula is C22H25FN4O3. The lowest BCUT2D eigenvalue weighted by Crippen LogP contribution is -2.50. The molecule has 1 aromatic heterocycles. The molecule has 0 N–H and O–H groups in total. The van der Waals surface area contributed by atoms with Crippen molar-refractivity contribution in [3.05, 3.63) is 59.2 Å². The lowest BCUT2D eigenvalue weighted by Gasteiger charge is -2.36. The van der Waals surface area contributed by atoms with Crippen LogP contribution >= 0.6 is 0 Å². The van der Waals surface area contributed by atoms with E-state index in [9.17, 15) is 9.18 Å². The fraction of sp³-hybridized carbons (Fsp3) is 0.409. The second kappa shape index (κ2) is 8.99. The Morgan fingerprint density at radius 1 is 1.20 bits per heavy atom. The van der Waals surface area contributed by atoms with E-state index in [-0.39, 0.29) is 18.4 Å². The molecule has 0 radical (unpaired) electrons. The fourth-order valence-corrected chi connectivity index (χ4v) is 2.98. The quantitative estimate of drug-likeness (QED) is 0.697. The summed E-state index contributed by atoms with van der Waals surface area (Å²) in [7, 11) is 0. The van der Waals surface area contributed by atoms with Gasteiger partial charge in [0.2, 0.25) is 5.88 Å². The van der Waals surface area contributed by atoms with Crippen LogP contribution < -0.4 is 9.64 Å². The summed E-state index contributed by atoms with van der Waals surface area (Å²) in [6.45, 7) is 14.8. The van der Waals surface area contributed by atoms with Gasteiger partial charge < -0.3 is 19.3 Å². The van der Waals surface area contributed by atoms with Crippen LogP contribution in [0.2, 0.25) is 0 Å². The van der Waals surface area contributed by atoms with Crippen LogP contribution in [0, 0.1) is 12.4 Å². The monoisotopic (exact) mass is 412 g/mol. The fourth-order valence-electron chi connectivity index (χ4n) is 2.98. The average Bonchev–Trinajstić information content (AvgIpc) is 2.72. The molecule has 1 fully saturated rings. The third-order valence-corrected chi connectivity index (χ3v) is 4.51. The Labute approximate surface area is 175 Å². The molecule has 8 heteroatoms. The molecule has 2 heterocycles. The number of anilines is 1. The number of nitrogens with zero attached hydrogens (tertiary/aromatic N) is 4. The lowest BCUT2D eigenvalue weighted by molar-refractivity contribution is 0.0240. The maximum atomic E-state index is 14.0. The molecule has 0 aliphatic carbocycles. The van der Waals surface area contributed by atoms with Gasteiger partial charge in [-0.15, -0.1) is 0 Å². The maximum Gasteiger partial charge on any atom is 0.410 e. The van der Waals surface area contributed by atoms with E-state index in [1.54, 1.807) is 23.1 Å². The number of benzene rings is 1. The van der Waals surface area contributed by atoms with Crippen molar-refractivity contribution in [1.82, 2.24) is 9.88 Å². The number of hydrogen-bond donors (Lipinski definition) is 0. The molecule has 1 aromatic carbocycles. The summed E-state index contributed by atoms with van der Waals surface area (Å²) in [5.41, 5.74) is 0.0967. The van der Waals surface area contributed by atoms with E-state index in [2.05, 4.69) is 14.7 Å². The van der Waals surface area contributed by atoms with Crippen molar-refractivity contribution in [2.24, 2.45) is 0 Å². The van der Waals surface area contributed by atoms with E-state index in [1.807, 2.05) is 32.9 Å². The Balaban J connectivity index is 1.57. The maximum absolute atomic E-state index is 14.0. The molecule has 158 valence electrons. The number of amides is 1. The first kappa shape index (κ1) is 21.4. The summed E-state index contributed by atoms with van der Waals surface area (Å²) in [6.07, 6.45) is -0.307. The van der Waals surface area contributed by atoms with Crippen LogP contribution in [-0.2, 0) is 11.3 Å².